The number of likely N-dealkylation sites (tertiary alicyclic amines) is 1. The Morgan fingerprint density at radius 3 is 2.45 bits per heavy atom. The number of anilines is 2. The summed E-state index contributed by atoms with van der Waals surface area (Å²) in [4.78, 5) is 27.9. The number of rotatable bonds is 5. The lowest BCUT2D eigenvalue weighted by Crippen LogP contribution is -2.43. The second-order valence-corrected chi connectivity index (χ2v) is 8.48. The van der Waals surface area contributed by atoms with E-state index in [1.165, 1.54) is 17.9 Å². The summed E-state index contributed by atoms with van der Waals surface area (Å²) in [5.41, 5.74) is 2.15. The molecule has 166 valence electrons. The van der Waals surface area contributed by atoms with Crippen LogP contribution in [0.15, 0.2) is 42.5 Å². The third kappa shape index (κ3) is 5.35. The van der Waals surface area contributed by atoms with Gasteiger partial charge in [0.25, 0.3) is 0 Å². The SMILES string of the molecule is CC(=O)N(C)c1ccc(NC(=O)N[C@H]2CCN(C(C)C)[C@@H]2c2ccc(Cl)c(F)c2)cc1. The zero-order chi connectivity index (χ0) is 22.7. The zero-order valence-corrected chi connectivity index (χ0v) is 18.9. The standard InChI is InChI=1S/C23H28ClFN4O2/c1-14(2)29-12-11-21(22(29)16-5-10-19(24)20(25)13-16)27-23(31)26-17-6-8-18(9-7-17)28(4)15(3)30/h5-10,13-14,21-22H,11-12H2,1-4H3,(H2,26,27,31)/t21-,22+/m0/s1. The molecule has 8 heteroatoms. The summed E-state index contributed by atoms with van der Waals surface area (Å²) in [6.45, 7) is 6.46. The molecule has 1 aliphatic heterocycles. The number of benzene rings is 2. The fourth-order valence-electron chi connectivity index (χ4n) is 3.95. The molecule has 3 rings (SSSR count). The molecule has 1 fully saturated rings. The molecule has 6 nitrogen and oxygen atoms in total. The molecule has 0 saturated carbocycles. The zero-order valence-electron chi connectivity index (χ0n) is 18.2. The number of nitrogens with one attached hydrogen (secondary N) is 2. The first-order valence-electron chi connectivity index (χ1n) is 10.3. The minimum atomic E-state index is -0.464. The monoisotopic (exact) mass is 446 g/mol. The lowest BCUT2D eigenvalue weighted by molar-refractivity contribution is -0.116. The van der Waals surface area contributed by atoms with Gasteiger partial charge in [-0.2, -0.15) is 0 Å². The molecule has 2 aromatic rings. The van der Waals surface area contributed by atoms with Crippen LogP contribution in [0.3, 0.4) is 0 Å². The van der Waals surface area contributed by atoms with Crippen LogP contribution in [0, 0.1) is 5.82 Å². The molecule has 31 heavy (non-hydrogen) atoms. The molecular formula is C23H28ClFN4O2. The van der Waals surface area contributed by atoms with Crippen LogP contribution < -0.4 is 15.5 Å². The number of hydrogen-bond acceptors (Lipinski definition) is 3. The molecule has 1 heterocycles. The molecule has 0 aromatic heterocycles. The van der Waals surface area contributed by atoms with E-state index in [-0.39, 0.29) is 35.1 Å². The van der Waals surface area contributed by atoms with Crippen molar-refractivity contribution in [2.45, 2.75) is 45.3 Å². The van der Waals surface area contributed by atoms with Gasteiger partial charge in [-0.1, -0.05) is 17.7 Å². The van der Waals surface area contributed by atoms with Gasteiger partial charge in [0, 0.05) is 37.9 Å². The van der Waals surface area contributed by atoms with Crippen molar-refractivity contribution in [1.82, 2.24) is 10.2 Å². The number of urea groups is 1. The number of amides is 3. The van der Waals surface area contributed by atoms with Crippen molar-refractivity contribution in [2.24, 2.45) is 0 Å². The van der Waals surface area contributed by atoms with Crippen molar-refractivity contribution in [2.75, 3.05) is 23.8 Å². The smallest absolute Gasteiger partial charge is 0.319 e. The van der Waals surface area contributed by atoms with Crippen molar-refractivity contribution >= 4 is 34.9 Å². The average molecular weight is 447 g/mol. The second-order valence-electron chi connectivity index (χ2n) is 8.07. The summed E-state index contributed by atoms with van der Waals surface area (Å²) in [7, 11) is 1.69. The van der Waals surface area contributed by atoms with Crippen LogP contribution >= 0.6 is 11.6 Å². The highest BCUT2D eigenvalue weighted by Crippen LogP contribution is 2.35. The predicted molar refractivity (Wildman–Crippen MR) is 122 cm³/mol. The van der Waals surface area contributed by atoms with Gasteiger partial charge in [0.15, 0.2) is 0 Å². The van der Waals surface area contributed by atoms with Crippen LogP contribution in [0.2, 0.25) is 5.02 Å². The van der Waals surface area contributed by atoms with Gasteiger partial charge < -0.3 is 15.5 Å². The van der Waals surface area contributed by atoms with Gasteiger partial charge in [0.1, 0.15) is 5.82 Å². The Balaban J connectivity index is 1.71. The molecule has 0 aliphatic carbocycles. The first-order chi connectivity index (χ1) is 14.7. The van der Waals surface area contributed by atoms with Crippen LogP contribution in [0.5, 0.6) is 0 Å². The number of nitrogens with zero attached hydrogens (tertiary/aromatic N) is 2. The number of carbonyl (C=O) groups is 2. The maximum atomic E-state index is 14.1. The van der Waals surface area contributed by atoms with E-state index in [2.05, 4.69) is 29.4 Å². The number of halogens is 2. The van der Waals surface area contributed by atoms with E-state index >= 15 is 0 Å². The Morgan fingerprint density at radius 1 is 1.19 bits per heavy atom. The first kappa shape index (κ1) is 23.0. The van der Waals surface area contributed by atoms with E-state index in [4.69, 9.17) is 11.6 Å². The fraction of sp³-hybridized carbons (Fsp3) is 0.391. The van der Waals surface area contributed by atoms with E-state index in [0.717, 1.165) is 24.2 Å². The van der Waals surface area contributed by atoms with E-state index < -0.39 is 5.82 Å². The molecule has 0 radical (unpaired) electrons. The van der Waals surface area contributed by atoms with Gasteiger partial charge in [0.05, 0.1) is 17.1 Å². The summed E-state index contributed by atoms with van der Waals surface area (Å²) >= 11 is 5.86. The third-order valence-electron chi connectivity index (χ3n) is 5.69. The molecule has 1 saturated heterocycles. The van der Waals surface area contributed by atoms with Gasteiger partial charge in [-0.25, -0.2) is 9.18 Å². The number of hydrogen-bond donors (Lipinski definition) is 2. The van der Waals surface area contributed by atoms with Gasteiger partial charge in [0.2, 0.25) is 5.91 Å². The normalized spacial score (nSPS) is 18.8. The minimum absolute atomic E-state index is 0.0703. The largest absolute Gasteiger partial charge is 0.333 e. The van der Waals surface area contributed by atoms with E-state index in [0.29, 0.717) is 5.69 Å². The second kappa shape index (κ2) is 9.66. The van der Waals surface area contributed by atoms with Gasteiger partial charge >= 0.3 is 6.03 Å². The van der Waals surface area contributed by atoms with Crippen molar-refractivity contribution < 1.29 is 14.0 Å². The minimum Gasteiger partial charge on any atom is -0.333 e. The maximum Gasteiger partial charge on any atom is 0.319 e. The molecule has 2 atom stereocenters. The summed E-state index contributed by atoms with van der Waals surface area (Å²) in [5.74, 6) is -0.535. The Morgan fingerprint density at radius 2 is 1.87 bits per heavy atom. The molecule has 2 N–H and O–H groups in total. The van der Waals surface area contributed by atoms with E-state index in [1.54, 1.807) is 37.4 Å². The summed E-state index contributed by atoms with van der Waals surface area (Å²) in [6, 6.07) is 11.4. The maximum absolute atomic E-state index is 14.1. The highest BCUT2D eigenvalue weighted by molar-refractivity contribution is 6.30. The van der Waals surface area contributed by atoms with Gasteiger partial charge in [-0.15, -0.1) is 0 Å². The molecule has 2 aromatic carbocycles. The fourth-order valence-corrected chi connectivity index (χ4v) is 4.07. The highest BCUT2D eigenvalue weighted by Gasteiger charge is 2.37. The topological polar surface area (TPSA) is 64.7 Å². The molecule has 3 amide bonds. The van der Waals surface area contributed by atoms with Crippen LogP contribution in [0.1, 0.15) is 38.8 Å². The summed E-state index contributed by atoms with van der Waals surface area (Å²) in [6.07, 6.45) is 0.753. The summed E-state index contributed by atoms with van der Waals surface area (Å²) in [5, 5.41) is 5.95. The van der Waals surface area contributed by atoms with E-state index in [1.807, 2.05) is 6.07 Å². The number of carbonyl (C=O) groups excluding carboxylic acids is 2. The van der Waals surface area contributed by atoms with E-state index in [9.17, 15) is 14.0 Å². The Bertz CT molecular complexity index is 951. The van der Waals surface area contributed by atoms with Gasteiger partial charge in [-0.3, -0.25) is 9.69 Å². The van der Waals surface area contributed by atoms with Crippen molar-refractivity contribution in [3.63, 3.8) is 0 Å². The van der Waals surface area contributed by atoms with Crippen LogP contribution in [-0.4, -0.2) is 42.5 Å². The Kier molecular flexibility index (Phi) is 7.18. The molecule has 0 unspecified atom stereocenters. The highest BCUT2D eigenvalue weighted by atomic mass is 35.5. The van der Waals surface area contributed by atoms with Crippen molar-refractivity contribution in [3.05, 3.63) is 58.9 Å². The van der Waals surface area contributed by atoms with Gasteiger partial charge in [-0.05, 0) is 62.2 Å². The lowest BCUT2D eigenvalue weighted by atomic mass is 9.99. The van der Waals surface area contributed by atoms with Crippen LogP contribution in [-0.2, 0) is 4.79 Å². The first-order valence-corrected chi connectivity index (χ1v) is 10.7. The van der Waals surface area contributed by atoms with Crippen LogP contribution in [0.4, 0.5) is 20.6 Å². The molecule has 1 aliphatic rings. The predicted octanol–water partition coefficient (Wildman–Crippen LogP) is 4.81. The quantitative estimate of drug-likeness (QED) is 0.692. The Labute approximate surface area is 187 Å². The molecule has 0 bridgehead atoms. The molecular weight excluding hydrogens is 419 g/mol. The third-order valence-corrected chi connectivity index (χ3v) is 5.99. The summed E-state index contributed by atoms with van der Waals surface area (Å²) < 4.78 is 14.1. The van der Waals surface area contributed by atoms with Crippen molar-refractivity contribution in [1.29, 1.82) is 0 Å². The average Bonchev–Trinajstić information content (AvgIpc) is 3.13. The lowest BCUT2D eigenvalue weighted by Gasteiger charge is -2.32. The molecule has 0 spiro atoms. The van der Waals surface area contributed by atoms with Crippen molar-refractivity contribution in [3.8, 4) is 0 Å². The Hall–Kier alpha value is -2.64. The van der Waals surface area contributed by atoms with Crippen LogP contribution in [0.25, 0.3) is 0 Å².